The molecule has 2 rings (SSSR count). The van der Waals surface area contributed by atoms with Crippen LogP contribution >= 0.6 is 0 Å². The fourth-order valence-electron chi connectivity index (χ4n) is 3.90. The number of ether oxygens (including phenoxy) is 1. The number of hydrogen-bond donors (Lipinski definition) is 3. The van der Waals surface area contributed by atoms with E-state index in [2.05, 4.69) is 22.8 Å². The first kappa shape index (κ1) is 19.9. The maximum Gasteiger partial charge on any atom is 0.303 e. The van der Waals surface area contributed by atoms with Crippen LogP contribution in [0, 0.1) is 11.8 Å². The third kappa shape index (κ3) is 6.44. The Balaban J connectivity index is 1.70. The fraction of sp³-hybridized carbons (Fsp3) is 0.789. The Hall–Kier alpha value is -1.40. The van der Waals surface area contributed by atoms with Crippen LogP contribution < -0.4 is 10.6 Å². The van der Waals surface area contributed by atoms with E-state index in [0.717, 1.165) is 45.2 Å². The zero-order chi connectivity index (χ0) is 18.1. The van der Waals surface area contributed by atoms with Crippen molar-refractivity contribution in [1.29, 1.82) is 0 Å². The molecule has 0 radical (unpaired) electrons. The number of carboxylic acid groups (broad SMARTS) is 1. The minimum Gasteiger partial charge on any atom is -0.481 e. The van der Waals surface area contributed by atoms with E-state index in [1.807, 2.05) is 6.92 Å². The largest absolute Gasteiger partial charge is 0.481 e. The van der Waals surface area contributed by atoms with Crippen molar-refractivity contribution in [2.75, 3.05) is 19.6 Å². The van der Waals surface area contributed by atoms with Gasteiger partial charge in [0.05, 0.1) is 18.8 Å². The molecule has 2 aliphatic rings. The molecule has 0 aromatic heterocycles. The second-order valence-electron chi connectivity index (χ2n) is 7.09. The number of fused-ring (bicyclic) bond motifs is 2. The lowest BCUT2D eigenvalue weighted by molar-refractivity contribution is -0.137. The van der Waals surface area contributed by atoms with Gasteiger partial charge in [-0.2, -0.15) is 0 Å². The topological polar surface area (TPSA) is 87.7 Å². The summed E-state index contributed by atoms with van der Waals surface area (Å²) in [7, 11) is 0. The quantitative estimate of drug-likeness (QED) is 0.370. The van der Waals surface area contributed by atoms with Crippen LogP contribution in [0.3, 0.4) is 0 Å². The first-order chi connectivity index (χ1) is 12.1. The van der Waals surface area contributed by atoms with Crippen LogP contribution in [0.1, 0.15) is 51.9 Å². The Morgan fingerprint density at radius 1 is 1.20 bits per heavy atom. The van der Waals surface area contributed by atoms with Gasteiger partial charge in [0.25, 0.3) is 0 Å². The van der Waals surface area contributed by atoms with E-state index in [1.165, 1.54) is 0 Å². The molecule has 0 aromatic rings. The van der Waals surface area contributed by atoms with Crippen LogP contribution in [0.4, 0.5) is 0 Å². The molecule has 142 valence electrons. The number of carbonyl (C=O) groups is 2. The lowest BCUT2D eigenvalue weighted by Crippen LogP contribution is -2.40. The Morgan fingerprint density at radius 2 is 1.96 bits per heavy atom. The van der Waals surface area contributed by atoms with Crippen LogP contribution in [0.25, 0.3) is 0 Å². The Bertz CT molecular complexity index is 466. The van der Waals surface area contributed by atoms with Crippen LogP contribution in [0.5, 0.6) is 0 Å². The Kier molecular flexibility index (Phi) is 8.41. The van der Waals surface area contributed by atoms with E-state index < -0.39 is 5.97 Å². The average molecular weight is 352 g/mol. The van der Waals surface area contributed by atoms with Crippen molar-refractivity contribution in [2.24, 2.45) is 11.8 Å². The van der Waals surface area contributed by atoms with Crippen molar-refractivity contribution in [3.8, 4) is 0 Å². The van der Waals surface area contributed by atoms with Gasteiger partial charge in [-0.25, -0.2) is 0 Å². The molecule has 2 heterocycles. The van der Waals surface area contributed by atoms with Gasteiger partial charge < -0.3 is 20.5 Å². The number of carbonyl (C=O) groups excluding carboxylic acids is 1. The molecule has 2 aliphatic heterocycles. The smallest absolute Gasteiger partial charge is 0.303 e. The summed E-state index contributed by atoms with van der Waals surface area (Å²) >= 11 is 0. The van der Waals surface area contributed by atoms with Crippen molar-refractivity contribution < 1.29 is 19.4 Å². The van der Waals surface area contributed by atoms with E-state index in [1.54, 1.807) is 0 Å². The minimum absolute atomic E-state index is 0.0563. The summed E-state index contributed by atoms with van der Waals surface area (Å²) in [6, 6.07) is 0. The summed E-state index contributed by atoms with van der Waals surface area (Å²) in [6.07, 6.45) is 10.9. The first-order valence-electron chi connectivity index (χ1n) is 9.61. The van der Waals surface area contributed by atoms with E-state index >= 15 is 0 Å². The maximum atomic E-state index is 11.7. The normalized spacial score (nSPS) is 27.9. The molecule has 0 aromatic carbocycles. The van der Waals surface area contributed by atoms with Gasteiger partial charge in [-0.05, 0) is 44.4 Å². The predicted molar refractivity (Wildman–Crippen MR) is 96.3 cm³/mol. The van der Waals surface area contributed by atoms with E-state index in [0.29, 0.717) is 37.0 Å². The highest BCUT2D eigenvalue weighted by atomic mass is 16.5. The second kappa shape index (κ2) is 10.6. The molecule has 6 heteroatoms. The van der Waals surface area contributed by atoms with Gasteiger partial charge in [0, 0.05) is 25.4 Å². The standard InChI is InChI=1S/C19H32N2O4/c1-2-11-21-18(22)13-20-12-15-14(16-9-10-17(15)25-16)7-5-3-4-6-8-19(23)24/h3,5,14-17,20H,2,4,6-13H2,1H3,(H,21,22)(H,23,24)/b5-3-/t14-,15-,16-,17+/m1/s1. The van der Waals surface area contributed by atoms with Gasteiger partial charge in [-0.15, -0.1) is 0 Å². The molecular weight excluding hydrogens is 320 g/mol. The van der Waals surface area contributed by atoms with Crippen molar-refractivity contribution in [3.63, 3.8) is 0 Å². The monoisotopic (exact) mass is 352 g/mol. The van der Waals surface area contributed by atoms with Crippen molar-refractivity contribution in [3.05, 3.63) is 12.2 Å². The Labute approximate surface area is 150 Å². The molecule has 3 N–H and O–H groups in total. The number of hydrogen-bond acceptors (Lipinski definition) is 4. The zero-order valence-corrected chi connectivity index (χ0v) is 15.2. The summed E-state index contributed by atoms with van der Waals surface area (Å²) in [5, 5.41) is 14.8. The number of aliphatic carboxylic acids is 1. The number of allylic oxidation sites excluding steroid dienone is 2. The van der Waals surface area contributed by atoms with Gasteiger partial charge in [0.1, 0.15) is 0 Å². The number of nitrogens with one attached hydrogen (secondary N) is 2. The molecule has 2 fully saturated rings. The molecule has 4 atom stereocenters. The molecular formula is C19H32N2O4. The molecule has 1 amide bonds. The van der Waals surface area contributed by atoms with E-state index in [-0.39, 0.29) is 12.3 Å². The third-order valence-electron chi connectivity index (χ3n) is 5.16. The van der Waals surface area contributed by atoms with E-state index in [9.17, 15) is 9.59 Å². The highest BCUT2D eigenvalue weighted by molar-refractivity contribution is 5.77. The maximum absolute atomic E-state index is 11.7. The highest BCUT2D eigenvalue weighted by Gasteiger charge is 2.47. The van der Waals surface area contributed by atoms with Crippen LogP contribution in [0.15, 0.2) is 12.2 Å². The highest BCUT2D eigenvalue weighted by Crippen LogP contribution is 2.44. The summed E-state index contributed by atoms with van der Waals surface area (Å²) < 4.78 is 6.08. The number of unbranched alkanes of at least 4 members (excludes halogenated alkanes) is 1. The van der Waals surface area contributed by atoms with Gasteiger partial charge in [-0.3, -0.25) is 9.59 Å². The van der Waals surface area contributed by atoms with Crippen molar-refractivity contribution in [2.45, 2.75) is 64.1 Å². The molecule has 2 bridgehead atoms. The second-order valence-corrected chi connectivity index (χ2v) is 7.09. The molecule has 0 unspecified atom stereocenters. The first-order valence-corrected chi connectivity index (χ1v) is 9.61. The van der Waals surface area contributed by atoms with Crippen LogP contribution in [-0.4, -0.2) is 48.8 Å². The van der Waals surface area contributed by atoms with Gasteiger partial charge in [-0.1, -0.05) is 19.1 Å². The summed E-state index contributed by atoms with van der Waals surface area (Å²) in [5.74, 6) is 0.284. The lowest BCUT2D eigenvalue weighted by Gasteiger charge is -2.27. The minimum atomic E-state index is -0.732. The molecule has 6 nitrogen and oxygen atoms in total. The molecule has 0 saturated carbocycles. The number of carboxylic acids is 1. The van der Waals surface area contributed by atoms with Crippen LogP contribution in [0.2, 0.25) is 0 Å². The van der Waals surface area contributed by atoms with E-state index in [4.69, 9.17) is 9.84 Å². The average Bonchev–Trinajstić information content (AvgIpc) is 3.18. The Morgan fingerprint density at radius 3 is 2.68 bits per heavy atom. The molecule has 0 spiro atoms. The van der Waals surface area contributed by atoms with Gasteiger partial charge in [0.15, 0.2) is 0 Å². The summed E-state index contributed by atoms with van der Waals surface area (Å²) in [4.78, 5) is 22.2. The molecule has 25 heavy (non-hydrogen) atoms. The van der Waals surface area contributed by atoms with Crippen molar-refractivity contribution in [1.82, 2.24) is 10.6 Å². The fourth-order valence-corrected chi connectivity index (χ4v) is 3.90. The molecule has 0 aliphatic carbocycles. The van der Waals surface area contributed by atoms with Gasteiger partial charge in [0.2, 0.25) is 5.91 Å². The predicted octanol–water partition coefficient (Wildman–Crippen LogP) is 2.10. The summed E-state index contributed by atoms with van der Waals surface area (Å²) in [5.41, 5.74) is 0. The number of rotatable bonds is 12. The SMILES string of the molecule is CCCNC(=O)CNC[C@@H]1[C@@H](C/C=C\CCCC(=O)O)[C@H]2CC[C@@H]1O2. The molecule has 2 saturated heterocycles. The third-order valence-corrected chi connectivity index (χ3v) is 5.16. The summed E-state index contributed by atoms with van der Waals surface area (Å²) in [6.45, 7) is 3.96. The van der Waals surface area contributed by atoms with Gasteiger partial charge >= 0.3 is 5.97 Å². The van der Waals surface area contributed by atoms with Crippen LogP contribution in [-0.2, 0) is 14.3 Å². The number of amides is 1. The lowest BCUT2D eigenvalue weighted by atomic mass is 9.77. The zero-order valence-electron chi connectivity index (χ0n) is 15.2. The van der Waals surface area contributed by atoms with Crippen molar-refractivity contribution >= 4 is 11.9 Å².